The van der Waals surface area contributed by atoms with Gasteiger partial charge in [-0.3, -0.25) is 9.78 Å². The van der Waals surface area contributed by atoms with Crippen molar-refractivity contribution < 1.29 is 42.2 Å². The molecule has 2 aromatic heterocycles. The van der Waals surface area contributed by atoms with Crippen LogP contribution in [0.15, 0.2) is 42.7 Å². The molecule has 1 aromatic carbocycles. The zero-order chi connectivity index (χ0) is 20.4. The number of carbonyl (C=O) groups is 1. The Morgan fingerprint density at radius 3 is 2.83 bits per heavy atom. The zero-order valence-electron chi connectivity index (χ0n) is 17.0. The van der Waals surface area contributed by atoms with Crippen molar-refractivity contribution >= 4 is 17.5 Å². The summed E-state index contributed by atoms with van der Waals surface area (Å²) in [4.78, 5) is 19.8. The monoisotopic (exact) mass is 498 g/mol. The second-order valence-electron chi connectivity index (χ2n) is 7.15. The number of nitrogens with zero attached hydrogens (tertiary/aromatic N) is 4. The number of carbonyl (C=O) groups excluding carboxylic acids is 1. The molecule has 1 aliphatic rings. The molecule has 0 N–H and O–H groups in total. The molecule has 4 rings (SSSR count). The average Bonchev–Trinajstić information content (AvgIpc) is 3.01. The van der Waals surface area contributed by atoms with Gasteiger partial charge in [0.05, 0.1) is 11.7 Å². The first kappa shape index (κ1) is 22.9. The van der Waals surface area contributed by atoms with Gasteiger partial charge in [-0.25, -0.2) is 4.68 Å². The molecule has 1 atom stereocenters. The number of aromatic nitrogens is 3. The summed E-state index contributed by atoms with van der Waals surface area (Å²) in [7, 11) is 1.76. The van der Waals surface area contributed by atoms with E-state index in [-0.39, 0.29) is 44.7 Å². The first-order valence-electron chi connectivity index (χ1n) is 9.65. The van der Waals surface area contributed by atoms with Gasteiger partial charge in [0.25, 0.3) is 5.91 Å². The average molecular weight is 499 g/mol. The molecule has 3 aromatic rings. The number of halogens is 1. The van der Waals surface area contributed by atoms with Crippen LogP contribution in [0.1, 0.15) is 46.9 Å². The molecule has 8 heteroatoms. The molecular weight excluding hydrogens is 477 g/mol. The van der Waals surface area contributed by atoms with Crippen molar-refractivity contribution in [3.05, 3.63) is 70.6 Å². The fraction of sp³-hybridized carbons (Fsp3) is 0.318. The van der Waals surface area contributed by atoms with Gasteiger partial charge in [0.1, 0.15) is 5.56 Å². The third-order valence-corrected chi connectivity index (χ3v) is 5.38. The van der Waals surface area contributed by atoms with Gasteiger partial charge in [0.15, 0.2) is 0 Å². The summed E-state index contributed by atoms with van der Waals surface area (Å²) in [6.07, 6.45) is 6.55. The summed E-state index contributed by atoms with van der Waals surface area (Å²) < 4.78 is 7.58. The van der Waals surface area contributed by atoms with E-state index in [9.17, 15) is 4.79 Å². The molecule has 0 aliphatic carbocycles. The number of amides is 1. The fourth-order valence-electron chi connectivity index (χ4n) is 3.82. The summed E-state index contributed by atoms with van der Waals surface area (Å²) in [5, 5.41) is 4.87. The first-order chi connectivity index (χ1) is 14.0. The van der Waals surface area contributed by atoms with Gasteiger partial charge in [-0.1, -0.05) is 11.1 Å². The number of rotatable bonds is 4. The Hall–Kier alpha value is -1.76. The van der Waals surface area contributed by atoms with Gasteiger partial charge < -0.3 is 9.64 Å². The summed E-state index contributed by atoms with van der Waals surface area (Å²) in [5.41, 5.74) is 2.15. The minimum absolute atomic E-state index is 0. The molecule has 6 nitrogen and oxygen atoms in total. The van der Waals surface area contributed by atoms with E-state index in [1.807, 2.05) is 30.2 Å². The Labute approximate surface area is 206 Å². The van der Waals surface area contributed by atoms with E-state index in [0.29, 0.717) is 34.5 Å². The van der Waals surface area contributed by atoms with Crippen LogP contribution in [0.4, 0.5) is 0 Å². The Morgan fingerprint density at radius 2 is 2.10 bits per heavy atom. The Kier molecular flexibility index (Phi) is 7.67. The summed E-state index contributed by atoms with van der Waals surface area (Å²) in [6.45, 7) is 2.51. The van der Waals surface area contributed by atoms with Crippen LogP contribution in [0.25, 0.3) is 0 Å². The van der Waals surface area contributed by atoms with Gasteiger partial charge >= 0.3 is 0 Å². The Balaban J connectivity index is 0.00000256. The smallest absolute Gasteiger partial charge is 0.261 e. The Bertz CT molecular complexity index is 1030. The minimum Gasteiger partial charge on any atom is -0.465 e. The van der Waals surface area contributed by atoms with Crippen LogP contribution in [-0.4, -0.2) is 32.1 Å². The quantitative estimate of drug-likeness (QED) is 0.488. The van der Waals surface area contributed by atoms with Crippen LogP contribution in [0, 0.1) is 13.0 Å². The third-order valence-electron chi connectivity index (χ3n) is 5.16. The van der Waals surface area contributed by atoms with E-state index >= 15 is 0 Å². The maximum atomic E-state index is 13.6. The third kappa shape index (κ3) is 4.76. The number of benzene rings is 1. The van der Waals surface area contributed by atoms with Crippen molar-refractivity contribution in [3.8, 4) is 11.6 Å². The van der Waals surface area contributed by atoms with E-state index in [0.717, 1.165) is 24.8 Å². The maximum absolute atomic E-state index is 13.6. The van der Waals surface area contributed by atoms with Crippen LogP contribution in [0.3, 0.4) is 0 Å². The van der Waals surface area contributed by atoms with Gasteiger partial charge in [0, 0.05) is 64.4 Å². The van der Waals surface area contributed by atoms with Crippen LogP contribution < -0.4 is 4.74 Å². The van der Waals surface area contributed by atoms with Crippen LogP contribution in [-0.2, 0) is 39.8 Å². The topological polar surface area (TPSA) is 60.3 Å². The normalized spacial score (nSPS) is 16.1. The number of likely N-dealkylation sites (tertiary alicyclic amines) is 1. The molecule has 153 valence electrons. The van der Waals surface area contributed by atoms with Crippen LogP contribution >= 0.6 is 11.6 Å². The minimum atomic E-state index is -0.0822. The summed E-state index contributed by atoms with van der Waals surface area (Å²) in [5.74, 6) is 0.750. The molecule has 1 amide bonds. The second-order valence-corrected chi connectivity index (χ2v) is 7.56. The van der Waals surface area contributed by atoms with Crippen LogP contribution in [0.5, 0.6) is 11.6 Å². The van der Waals surface area contributed by atoms with Crippen LogP contribution in [0.2, 0.25) is 5.02 Å². The molecule has 0 saturated carbocycles. The van der Waals surface area contributed by atoms with Crippen molar-refractivity contribution in [2.75, 3.05) is 6.54 Å². The van der Waals surface area contributed by atoms with Crippen molar-refractivity contribution in [3.63, 3.8) is 0 Å². The van der Waals surface area contributed by atoms with Gasteiger partial charge in [-0.05, 0) is 37.8 Å². The van der Waals surface area contributed by atoms with Gasteiger partial charge in [0.2, 0.25) is 5.88 Å². The fourth-order valence-corrected chi connectivity index (χ4v) is 3.99. The molecule has 1 unspecified atom stereocenters. The van der Waals surface area contributed by atoms with Crippen molar-refractivity contribution in [1.29, 1.82) is 0 Å². The Morgan fingerprint density at radius 1 is 1.27 bits per heavy atom. The predicted molar refractivity (Wildman–Crippen MR) is 110 cm³/mol. The molecule has 1 fully saturated rings. The summed E-state index contributed by atoms with van der Waals surface area (Å²) >= 11 is 6.03. The molecule has 1 saturated heterocycles. The van der Waals surface area contributed by atoms with E-state index in [4.69, 9.17) is 16.3 Å². The number of ether oxygens (including phenoxy) is 1. The standard InChI is InChI=1S/C22H22ClN4O2.Y/c1-15-20(22(26(2)25-15)29-18-9-5-8-17(23)13-18)21(28)27-12-4-3-10-19(27)16-7-6-11-24-14-16;/h5-9,11,14,19H,3-4,10,12H2,1-2H3;/q-1;. The predicted octanol–water partition coefficient (Wildman–Crippen LogP) is 4.73. The van der Waals surface area contributed by atoms with Crippen molar-refractivity contribution in [1.82, 2.24) is 19.7 Å². The molecule has 0 bridgehead atoms. The number of aryl methyl sites for hydroxylation is 2. The van der Waals surface area contributed by atoms with E-state index in [2.05, 4.69) is 16.1 Å². The largest absolute Gasteiger partial charge is 0.465 e. The molecule has 1 aliphatic heterocycles. The SMILES string of the molecule is Cc1nn(C)c(Oc2[c-]c(Cl)ccc2)c1C(=O)N1CCCCC1c1cccnc1.[Y]. The number of hydrogen-bond donors (Lipinski definition) is 0. The summed E-state index contributed by atoms with van der Waals surface area (Å²) in [6, 6.07) is 12.1. The van der Waals surface area contributed by atoms with E-state index in [1.165, 1.54) is 0 Å². The molecule has 0 spiro atoms. The maximum Gasteiger partial charge on any atom is 0.261 e. The van der Waals surface area contributed by atoms with Crippen molar-refractivity contribution in [2.24, 2.45) is 7.05 Å². The second kappa shape index (κ2) is 10.0. The van der Waals surface area contributed by atoms with E-state index < -0.39 is 0 Å². The zero-order valence-corrected chi connectivity index (χ0v) is 20.6. The van der Waals surface area contributed by atoms with E-state index in [1.54, 1.807) is 36.1 Å². The molecule has 30 heavy (non-hydrogen) atoms. The molecular formula is C22H22ClN4O2Y-. The van der Waals surface area contributed by atoms with Gasteiger partial charge in [-0.2, -0.15) is 17.2 Å². The molecule has 1 radical (unpaired) electrons. The molecule has 3 heterocycles. The first-order valence-corrected chi connectivity index (χ1v) is 10.0. The number of piperidine rings is 1. The number of pyridine rings is 1. The van der Waals surface area contributed by atoms with Gasteiger partial charge in [-0.15, -0.1) is 23.7 Å². The number of hydrogen-bond acceptors (Lipinski definition) is 4. The van der Waals surface area contributed by atoms with Crippen molar-refractivity contribution in [2.45, 2.75) is 32.2 Å².